The van der Waals surface area contributed by atoms with Crippen LogP contribution in [-0.4, -0.2) is 27.5 Å². The summed E-state index contributed by atoms with van der Waals surface area (Å²) in [6, 6.07) is 1.69. The molecule has 11 heavy (non-hydrogen) atoms. The first kappa shape index (κ1) is 9.78. The summed E-state index contributed by atoms with van der Waals surface area (Å²) in [6.07, 6.45) is 2.74. The average molecular weight is 267 g/mol. The van der Waals surface area contributed by atoms with Crippen LogP contribution in [-0.2, 0) is 0 Å². The third kappa shape index (κ3) is 2.58. The van der Waals surface area contributed by atoms with Gasteiger partial charge in [-0.1, -0.05) is 29.5 Å². The van der Waals surface area contributed by atoms with Crippen molar-refractivity contribution in [3.05, 3.63) is 0 Å². The van der Waals surface area contributed by atoms with Crippen molar-refractivity contribution < 1.29 is 0 Å². The first-order chi connectivity index (χ1) is 5.11. The van der Waals surface area contributed by atoms with Gasteiger partial charge in [0.1, 0.15) is 0 Å². The summed E-state index contributed by atoms with van der Waals surface area (Å²) in [7, 11) is 0. The molecule has 1 aliphatic heterocycles. The maximum Gasteiger partial charge on any atom is 0.00934 e. The van der Waals surface area contributed by atoms with Crippen LogP contribution in [0.1, 0.15) is 33.6 Å². The topological polar surface area (TPSA) is 3.24 Å². The summed E-state index contributed by atoms with van der Waals surface area (Å²) in [5, 5.41) is 0. The van der Waals surface area contributed by atoms with Crippen LogP contribution >= 0.6 is 22.6 Å². The van der Waals surface area contributed by atoms with Crippen molar-refractivity contribution in [3.8, 4) is 0 Å². The Morgan fingerprint density at radius 1 is 1.45 bits per heavy atom. The third-order valence-corrected chi connectivity index (χ3v) is 3.22. The SMILES string of the molecule is CC(I)CCN1C(C)CC1C. The van der Waals surface area contributed by atoms with Crippen molar-refractivity contribution >= 4 is 22.6 Å². The van der Waals surface area contributed by atoms with Crippen LogP contribution in [0, 0.1) is 0 Å². The Kier molecular flexibility index (Phi) is 3.62. The molecule has 0 aliphatic carbocycles. The standard InChI is InChI=1S/C9H18IN/c1-7(10)4-5-11-8(2)6-9(11)3/h7-9H,4-6H2,1-3H3. The second-order valence-corrected chi connectivity index (χ2v) is 5.87. The van der Waals surface area contributed by atoms with E-state index in [4.69, 9.17) is 0 Å². The molecular weight excluding hydrogens is 249 g/mol. The summed E-state index contributed by atoms with van der Waals surface area (Å²) < 4.78 is 0.826. The number of alkyl halides is 1. The fourth-order valence-electron chi connectivity index (χ4n) is 1.83. The first-order valence-corrected chi connectivity index (χ1v) is 5.75. The maximum absolute atomic E-state index is 2.61. The van der Waals surface area contributed by atoms with Gasteiger partial charge in [0.05, 0.1) is 0 Å². The van der Waals surface area contributed by atoms with Gasteiger partial charge in [-0.05, 0) is 33.2 Å². The van der Waals surface area contributed by atoms with Crippen LogP contribution in [0.5, 0.6) is 0 Å². The predicted octanol–water partition coefficient (Wildman–Crippen LogP) is 2.68. The number of nitrogens with zero attached hydrogens (tertiary/aromatic N) is 1. The number of likely N-dealkylation sites (tertiary alicyclic amines) is 1. The predicted molar refractivity (Wildman–Crippen MR) is 58.3 cm³/mol. The lowest BCUT2D eigenvalue weighted by Crippen LogP contribution is -2.53. The maximum atomic E-state index is 2.61. The van der Waals surface area contributed by atoms with Crippen LogP contribution in [0.15, 0.2) is 0 Å². The minimum Gasteiger partial charge on any atom is -0.298 e. The van der Waals surface area contributed by atoms with Crippen molar-refractivity contribution in [3.63, 3.8) is 0 Å². The highest BCUT2D eigenvalue weighted by atomic mass is 127. The lowest BCUT2D eigenvalue weighted by atomic mass is 9.95. The summed E-state index contributed by atoms with van der Waals surface area (Å²) in [4.78, 5) is 2.61. The Morgan fingerprint density at radius 2 is 2.00 bits per heavy atom. The van der Waals surface area contributed by atoms with E-state index in [0.29, 0.717) is 0 Å². The molecule has 3 unspecified atom stereocenters. The van der Waals surface area contributed by atoms with Crippen molar-refractivity contribution in [1.82, 2.24) is 4.90 Å². The van der Waals surface area contributed by atoms with Crippen LogP contribution in [0.25, 0.3) is 0 Å². The highest BCUT2D eigenvalue weighted by Crippen LogP contribution is 2.25. The molecule has 1 heterocycles. The van der Waals surface area contributed by atoms with E-state index in [0.717, 1.165) is 16.0 Å². The number of halogens is 1. The fourth-order valence-corrected chi connectivity index (χ4v) is 2.11. The van der Waals surface area contributed by atoms with Gasteiger partial charge < -0.3 is 0 Å². The molecule has 0 saturated carbocycles. The Balaban J connectivity index is 2.15. The molecule has 0 aromatic carbocycles. The Hall–Kier alpha value is 0.690. The summed E-state index contributed by atoms with van der Waals surface area (Å²) >= 11 is 2.50. The van der Waals surface area contributed by atoms with E-state index in [2.05, 4.69) is 48.3 Å². The molecule has 66 valence electrons. The second kappa shape index (κ2) is 4.08. The lowest BCUT2D eigenvalue weighted by molar-refractivity contribution is 0.0376. The minimum absolute atomic E-state index is 0.826. The van der Waals surface area contributed by atoms with Crippen molar-refractivity contribution in [2.24, 2.45) is 0 Å². The zero-order valence-electron chi connectivity index (χ0n) is 7.68. The van der Waals surface area contributed by atoms with E-state index in [1.807, 2.05) is 0 Å². The van der Waals surface area contributed by atoms with Crippen LogP contribution in [0.4, 0.5) is 0 Å². The summed E-state index contributed by atoms with van der Waals surface area (Å²) in [5.41, 5.74) is 0. The van der Waals surface area contributed by atoms with E-state index < -0.39 is 0 Å². The van der Waals surface area contributed by atoms with Crippen LogP contribution in [0.2, 0.25) is 0 Å². The van der Waals surface area contributed by atoms with Gasteiger partial charge in [-0.15, -0.1) is 0 Å². The Morgan fingerprint density at radius 3 is 2.36 bits per heavy atom. The lowest BCUT2D eigenvalue weighted by Gasteiger charge is -2.45. The highest BCUT2D eigenvalue weighted by molar-refractivity contribution is 14.1. The number of hydrogen-bond donors (Lipinski definition) is 0. The molecule has 0 radical (unpaired) electrons. The van der Waals surface area contributed by atoms with Crippen molar-refractivity contribution in [2.75, 3.05) is 6.54 Å². The number of rotatable bonds is 3. The van der Waals surface area contributed by atoms with E-state index in [-0.39, 0.29) is 0 Å². The Labute approximate surface area is 83.7 Å². The smallest absolute Gasteiger partial charge is 0.00934 e. The Bertz CT molecular complexity index is 117. The largest absolute Gasteiger partial charge is 0.298 e. The average Bonchev–Trinajstić information content (AvgIpc) is 1.86. The molecule has 1 aliphatic rings. The van der Waals surface area contributed by atoms with Gasteiger partial charge in [-0.3, -0.25) is 4.90 Å². The van der Waals surface area contributed by atoms with Gasteiger partial charge in [-0.25, -0.2) is 0 Å². The van der Waals surface area contributed by atoms with E-state index in [1.54, 1.807) is 0 Å². The van der Waals surface area contributed by atoms with Crippen LogP contribution < -0.4 is 0 Å². The third-order valence-electron chi connectivity index (χ3n) is 2.60. The molecule has 2 heteroatoms. The zero-order chi connectivity index (χ0) is 8.43. The second-order valence-electron chi connectivity index (χ2n) is 3.74. The van der Waals surface area contributed by atoms with Crippen LogP contribution in [0.3, 0.4) is 0 Å². The number of hydrogen-bond acceptors (Lipinski definition) is 1. The first-order valence-electron chi connectivity index (χ1n) is 4.51. The fraction of sp³-hybridized carbons (Fsp3) is 1.00. The van der Waals surface area contributed by atoms with Crippen molar-refractivity contribution in [2.45, 2.75) is 49.6 Å². The molecule has 0 aromatic heterocycles. The van der Waals surface area contributed by atoms with E-state index in [9.17, 15) is 0 Å². The van der Waals surface area contributed by atoms with Gasteiger partial charge in [0.25, 0.3) is 0 Å². The highest BCUT2D eigenvalue weighted by Gasteiger charge is 2.30. The molecule has 1 nitrogen and oxygen atoms in total. The molecule has 3 atom stereocenters. The molecule has 1 fully saturated rings. The van der Waals surface area contributed by atoms with Gasteiger partial charge in [0, 0.05) is 16.0 Å². The normalized spacial score (nSPS) is 34.9. The molecule has 0 bridgehead atoms. The molecule has 1 rings (SSSR count). The molecule has 0 aromatic rings. The van der Waals surface area contributed by atoms with Crippen molar-refractivity contribution in [1.29, 1.82) is 0 Å². The van der Waals surface area contributed by atoms with E-state index in [1.165, 1.54) is 19.4 Å². The molecule has 0 spiro atoms. The van der Waals surface area contributed by atoms with Gasteiger partial charge >= 0.3 is 0 Å². The van der Waals surface area contributed by atoms with Gasteiger partial charge in [0.2, 0.25) is 0 Å². The van der Waals surface area contributed by atoms with E-state index >= 15 is 0 Å². The monoisotopic (exact) mass is 267 g/mol. The van der Waals surface area contributed by atoms with Gasteiger partial charge in [-0.2, -0.15) is 0 Å². The summed E-state index contributed by atoms with van der Waals surface area (Å²) in [5.74, 6) is 0. The molecule has 1 saturated heterocycles. The minimum atomic E-state index is 0.826. The zero-order valence-corrected chi connectivity index (χ0v) is 9.84. The molecule has 0 N–H and O–H groups in total. The molecule has 0 amide bonds. The quantitative estimate of drug-likeness (QED) is 0.561. The molecular formula is C9H18IN. The van der Waals surface area contributed by atoms with Gasteiger partial charge in [0.15, 0.2) is 0 Å². The summed E-state index contributed by atoms with van der Waals surface area (Å²) in [6.45, 7) is 8.25.